The van der Waals surface area contributed by atoms with E-state index in [0.717, 1.165) is 23.5 Å². The standard InChI is InChI=1S/C14H21ClN2O2S2/c1-3-21(18,19)14-10-20-8-7-17(14)13-6-4-5-12(15)11(13)9-16-2/h4-6,14,16H,3,7-10H2,1-2H3. The molecule has 0 radical (unpaired) electrons. The van der Waals surface area contributed by atoms with Gasteiger partial charge >= 0.3 is 0 Å². The van der Waals surface area contributed by atoms with Gasteiger partial charge in [-0.25, -0.2) is 8.42 Å². The maximum atomic E-state index is 12.4. The highest BCUT2D eigenvalue weighted by atomic mass is 35.5. The van der Waals surface area contributed by atoms with Crippen molar-refractivity contribution >= 4 is 38.9 Å². The van der Waals surface area contributed by atoms with E-state index in [2.05, 4.69) is 5.32 Å². The molecule has 7 heteroatoms. The van der Waals surface area contributed by atoms with Gasteiger partial charge in [0.05, 0.1) is 0 Å². The summed E-state index contributed by atoms with van der Waals surface area (Å²) in [5, 5.41) is 3.32. The Balaban J connectivity index is 2.45. The van der Waals surface area contributed by atoms with Crippen molar-refractivity contribution in [3.63, 3.8) is 0 Å². The van der Waals surface area contributed by atoms with Crippen molar-refractivity contribution in [2.45, 2.75) is 18.8 Å². The normalized spacial score (nSPS) is 19.8. The SMILES string of the molecule is CCS(=O)(=O)C1CSCCN1c1cccc(Cl)c1CNC. The number of hydrogen-bond acceptors (Lipinski definition) is 5. The van der Waals surface area contributed by atoms with Crippen LogP contribution in [0.3, 0.4) is 0 Å². The Kier molecular flexibility index (Phi) is 5.82. The van der Waals surface area contributed by atoms with E-state index in [0.29, 0.717) is 17.3 Å². The van der Waals surface area contributed by atoms with Crippen molar-refractivity contribution in [1.82, 2.24) is 5.32 Å². The summed E-state index contributed by atoms with van der Waals surface area (Å²) in [7, 11) is -1.26. The van der Waals surface area contributed by atoms with Crippen LogP contribution in [0.15, 0.2) is 18.2 Å². The van der Waals surface area contributed by atoms with Crippen LogP contribution in [0.4, 0.5) is 5.69 Å². The molecule has 1 atom stereocenters. The molecule has 0 aliphatic carbocycles. The number of hydrogen-bond donors (Lipinski definition) is 1. The van der Waals surface area contributed by atoms with Crippen LogP contribution in [-0.4, -0.2) is 44.6 Å². The first-order valence-corrected chi connectivity index (χ1v) is 10.2. The smallest absolute Gasteiger partial charge is 0.171 e. The Hall–Kier alpha value is -0.430. The zero-order chi connectivity index (χ0) is 15.5. The molecule has 0 spiro atoms. The van der Waals surface area contributed by atoms with Gasteiger partial charge in [-0.15, -0.1) is 0 Å². The van der Waals surface area contributed by atoms with Crippen LogP contribution in [0.2, 0.25) is 5.02 Å². The third-order valence-electron chi connectivity index (χ3n) is 3.66. The van der Waals surface area contributed by atoms with E-state index in [4.69, 9.17) is 11.6 Å². The van der Waals surface area contributed by atoms with Gasteiger partial charge in [0.1, 0.15) is 5.37 Å². The molecule has 0 saturated carbocycles. The van der Waals surface area contributed by atoms with Crippen LogP contribution in [0.5, 0.6) is 0 Å². The lowest BCUT2D eigenvalue weighted by Gasteiger charge is -2.37. The van der Waals surface area contributed by atoms with Crippen LogP contribution in [0, 0.1) is 0 Å². The largest absolute Gasteiger partial charge is 0.353 e. The summed E-state index contributed by atoms with van der Waals surface area (Å²) in [4.78, 5) is 2.01. The lowest BCUT2D eigenvalue weighted by atomic mass is 10.1. The summed E-state index contributed by atoms with van der Waals surface area (Å²) in [6.45, 7) is 3.06. The molecular weight excluding hydrogens is 328 g/mol. The molecule has 1 N–H and O–H groups in total. The van der Waals surface area contributed by atoms with E-state index >= 15 is 0 Å². The lowest BCUT2D eigenvalue weighted by molar-refractivity contribution is 0.579. The van der Waals surface area contributed by atoms with E-state index < -0.39 is 15.2 Å². The van der Waals surface area contributed by atoms with Gasteiger partial charge in [-0.05, 0) is 19.2 Å². The van der Waals surface area contributed by atoms with Gasteiger partial charge in [-0.3, -0.25) is 0 Å². The molecule has 1 unspecified atom stereocenters. The fraction of sp³-hybridized carbons (Fsp3) is 0.571. The van der Waals surface area contributed by atoms with Gasteiger partial charge in [0.2, 0.25) is 0 Å². The van der Waals surface area contributed by atoms with Crippen LogP contribution >= 0.6 is 23.4 Å². The van der Waals surface area contributed by atoms with Crippen LogP contribution < -0.4 is 10.2 Å². The van der Waals surface area contributed by atoms with Crippen LogP contribution in [0.25, 0.3) is 0 Å². The number of anilines is 1. The quantitative estimate of drug-likeness (QED) is 0.885. The second-order valence-electron chi connectivity index (χ2n) is 4.94. The molecule has 0 amide bonds. The molecule has 2 rings (SSSR count). The Morgan fingerprint density at radius 1 is 1.48 bits per heavy atom. The number of sulfone groups is 1. The Morgan fingerprint density at radius 3 is 2.90 bits per heavy atom. The van der Waals surface area contributed by atoms with Gasteiger partial charge < -0.3 is 10.2 Å². The van der Waals surface area contributed by atoms with Crippen molar-refractivity contribution in [2.75, 3.05) is 35.8 Å². The minimum atomic E-state index is -3.12. The highest BCUT2D eigenvalue weighted by Crippen LogP contribution is 2.33. The summed E-state index contributed by atoms with van der Waals surface area (Å²) < 4.78 is 24.8. The summed E-state index contributed by atoms with van der Waals surface area (Å²) in [5.41, 5.74) is 1.89. The molecule has 0 bridgehead atoms. The highest BCUT2D eigenvalue weighted by Gasteiger charge is 2.34. The monoisotopic (exact) mass is 348 g/mol. The lowest BCUT2D eigenvalue weighted by Crippen LogP contribution is -2.48. The number of nitrogens with one attached hydrogen (secondary N) is 1. The molecule has 1 aliphatic rings. The predicted octanol–water partition coefficient (Wildman–Crippen LogP) is 2.37. The zero-order valence-corrected chi connectivity index (χ0v) is 14.7. The van der Waals surface area contributed by atoms with Crippen molar-refractivity contribution in [1.29, 1.82) is 0 Å². The van der Waals surface area contributed by atoms with Gasteiger partial charge in [-0.1, -0.05) is 24.6 Å². The molecule has 1 heterocycles. The van der Waals surface area contributed by atoms with Gasteiger partial charge in [0, 0.05) is 46.6 Å². The molecule has 118 valence electrons. The summed E-state index contributed by atoms with van der Waals surface area (Å²) >= 11 is 8.00. The number of halogens is 1. The average Bonchev–Trinajstić information content (AvgIpc) is 2.49. The number of nitrogens with zero attached hydrogens (tertiary/aromatic N) is 1. The van der Waals surface area contributed by atoms with E-state index in [-0.39, 0.29) is 5.75 Å². The summed E-state index contributed by atoms with van der Waals surface area (Å²) in [6, 6.07) is 5.70. The van der Waals surface area contributed by atoms with Gasteiger partial charge in [-0.2, -0.15) is 11.8 Å². The maximum Gasteiger partial charge on any atom is 0.171 e. The molecule has 21 heavy (non-hydrogen) atoms. The van der Waals surface area contributed by atoms with E-state index in [1.54, 1.807) is 18.7 Å². The minimum Gasteiger partial charge on any atom is -0.353 e. The fourth-order valence-corrected chi connectivity index (χ4v) is 5.73. The van der Waals surface area contributed by atoms with Crippen molar-refractivity contribution in [3.05, 3.63) is 28.8 Å². The average molecular weight is 349 g/mol. The molecular formula is C14H21ClN2O2S2. The molecule has 1 aromatic carbocycles. The number of rotatable bonds is 5. The van der Waals surface area contributed by atoms with Crippen molar-refractivity contribution < 1.29 is 8.42 Å². The Bertz CT molecular complexity index is 593. The third-order valence-corrected chi connectivity index (χ3v) is 7.30. The van der Waals surface area contributed by atoms with Crippen molar-refractivity contribution in [3.8, 4) is 0 Å². The summed E-state index contributed by atoms with van der Waals surface area (Å²) in [5.74, 6) is 1.71. The Morgan fingerprint density at radius 2 is 2.24 bits per heavy atom. The van der Waals surface area contributed by atoms with Crippen LogP contribution in [0.1, 0.15) is 12.5 Å². The van der Waals surface area contributed by atoms with Gasteiger partial charge in [0.15, 0.2) is 9.84 Å². The van der Waals surface area contributed by atoms with Crippen molar-refractivity contribution in [2.24, 2.45) is 0 Å². The Labute approximate surface area is 136 Å². The topological polar surface area (TPSA) is 49.4 Å². The molecule has 4 nitrogen and oxygen atoms in total. The molecule has 1 fully saturated rings. The van der Waals surface area contributed by atoms with Gasteiger partial charge in [0.25, 0.3) is 0 Å². The molecule has 1 saturated heterocycles. The maximum absolute atomic E-state index is 12.4. The predicted molar refractivity (Wildman–Crippen MR) is 92.1 cm³/mol. The second kappa shape index (κ2) is 7.22. The molecule has 1 aliphatic heterocycles. The third kappa shape index (κ3) is 3.67. The minimum absolute atomic E-state index is 0.163. The molecule has 0 aromatic heterocycles. The first-order chi connectivity index (χ1) is 10.0. The van der Waals surface area contributed by atoms with E-state index in [9.17, 15) is 8.42 Å². The fourth-order valence-electron chi connectivity index (χ4n) is 2.51. The van der Waals surface area contributed by atoms with Crippen LogP contribution in [-0.2, 0) is 16.4 Å². The second-order valence-corrected chi connectivity index (χ2v) is 8.95. The molecule has 1 aromatic rings. The number of thioether (sulfide) groups is 1. The first kappa shape index (κ1) is 16.9. The first-order valence-electron chi connectivity index (χ1n) is 6.99. The highest BCUT2D eigenvalue weighted by molar-refractivity contribution is 8.01. The zero-order valence-electron chi connectivity index (χ0n) is 12.3. The van der Waals surface area contributed by atoms with E-state index in [1.165, 1.54) is 0 Å². The van der Waals surface area contributed by atoms with E-state index in [1.807, 2.05) is 30.1 Å². The summed E-state index contributed by atoms with van der Waals surface area (Å²) in [6.07, 6.45) is 0. The number of benzene rings is 1.